The Balaban J connectivity index is 1.61. The van der Waals surface area contributed by atoms with Crippen LogP contribution in [0.2, 0.25) is 0 Å². The summed E-state index contributed by atoms with van der Waals surface area (Å²) < 4.78 is 13.3. The van der Waals surface area contributed by atoms with Gasteiger partial charge in [0.05, 0.1) is 17.1 Å². The van der Waals surface area contributed by atoms with Gasteiger partial charge in [-0.2, -0.15) is 0 Å². The van der Waals surface area contributed by atoms with E-state index in [4.69, 9.17) is 9.47 Å². The lowest BCUT2D eigenvalue weighted by Gasteiger charge is -2.40. The third kappa shape index (κ3) is 2.32. The largest absolute Gasteiger partial charge is 0.444 e. The lowest BCUT2D eigenvalue weighted by Crippen LogP contribution is -2.61. The van der Waals surface area contributed by atoms with Crippen LogP contribution in [0, 0.1) is 0 Å². The number of anilines is 3. The Hall–Kier alpha value is -3.66. The molecule has 0 bridgehead atoms. The van der Waals surface area contributed by atoms with Gasteiger partial charge in [0.15, 0.2) is 11.5 Å². The van der Waals surface area contributed by atoms with Crippen molar-refractivity contribution in [2.75, 3.05) is 9.80 Å². The Bertz CT molecular complexity index is 1110. The van der Waals surface area contributed by atoms with Crippen LogP contribution in [0.4, 0.5) is 17.1 Å². The quantitative estimate of drug-likeness (QED) is 0.547. The minimum Gasteiger partial charge on any atom is -0.413 e. The zero-order chi connectivity index (χ0) is 19.3. The van der Waals surface area contributed by atoms with E-state index in [-0.39, 0.29) is 0 Å². The van der Waals surface area contributed by atoms with Crippen molar-refractivity contribution in [3.8, 4) is 11.5 Å². The molecule has 2 heterocycles. The van der Waals surface area contributed by atoms with Crippen molar-refractivity contribution < 1.29 is 9.47 Å². The highest BCUT2D eigenvalue weighted by Gasteiger charge is 2.60. The van der Waals surface area contributed by atoms with Crippen LogP contribution in [0.5, 0.6) is 11.5 Å². The highest BCUT2D eigenvalue weighted by atomic mass is 16.8. The Labute approximate surface area is 169 Å². The first-order chi connectivity index (χ1) is 14.4. The van der Waals surface area contributed by atoms with Crippen molar-refractivity contribution in [3.05, 3.63) is 103 Å². The summed E-state index contributed by atoms with van der Waals surface area (Å²) in [7, 11) is 0. The first-order valence-electron chi connectivity index (χ1n) is 9.94. The molecule has 142 valence electrons. The number of hydrogen-bond donors (Lipinski definition) is 0. The van der Waals surface area contributed by atoms with Crippen molar-refractivity contribution in [3.63, 3.8) is 0 Å². The molecular weight excluding hydrogens is 360 g/mol. The zero-order valence-corrected chi connectivity index (χ0v) is 15.9. The minimum atomic E-state index is -1.13. The third-order valence-electron chi connectivity index (χ3n) is 5.56. The molecule has 0 unspecified atom stereocenters. The topological polar surface area (TPSA) is 24.9 Å². The van der Waals surface area contributed by atoms with E-state index in [0.29, 0.717) is 0 Å². The van der Waals surface area contributed by atoms with Crippen molar-refractivity contribution in [2.45, 2.75) is 18.9 Å². The molecule has 2 aliphatic heterocycles. The van der Waals surface area contributed by atoms with Gasteiger partial charge in [-0.1, -0.05) is 54.6 Å². The third-order valence-corrected chi connectivity index (χ3v) is 5.56. The van der Waals surface area contributed by atoms with Gasteiger partial charge < -0.3 is 9.47 Å². The zero-order valence-electron chi connectivity index (χ0n) is 15.9. The van der Waals surface area contributed by atoms with E-state index < -0.39 is 6.03 Å². The molecule has 0 N–H and O–H groups in total. The monoisotopic (exact) mass is 380 g/mol. The van der Waals surface area contributed by atoms with Crippen molar-refractivity contribution >= 4 is 17.1 Å². The van der Waals surface area contributed by atoms with Crippen LogP contribution in [-0.4, -0.2) is 6.03 Å². The van der Waals surface area contributed by atoms with E-state index in [1.165, 1.54) is 5.70 Å². The molecule has 0 saturated carbocycles. The summed E-state index contributed by atoms with van der Waals surface area (Å²) in [5.41, 5.74) is 4.32. The van der Waals surface area contributed by atoms with Crippen LogP contribution in [0.1, 0.15) is 12.8 Å². The first kappa shape index (κ1) is 16.3. The standard InChI is InChI=1S/C25H20N2O2/c1-3-11-19(12-4-1)26-21-15-7-8-16-22(21)27(20-13-5-2-6-14-20)25(26)28-23-17-9-10-18-24(23)29-25/h1-5,7-13,15-18H,6,14H2. The first-order valence-corrected chi connectivity index (χ1v) is 9.94. The maximum absolute atomic E-state index is 6.64. The highest BCUT2D eigenvalue weighted by Crippen LogP contribution is 2.56. The molecular formula is C25H20N2O2. The van der Waals surface area contributed by atoms with Crippen molar-refractivity contribution in [1.82, 2.24) is 0 Å². The molecule has 3 aliphatic rings. The second-order valence-electron chi connectivity index (χ2n) is 7.32. The van der Waals surface area contributed by atoms with E-state index >= 15 is 0 Å². The highest BCUT2D eigenvalue weighted by molar-refractivity contribution is 5.87. The summed E-state index contributed by atoms with van der Waals surface area (Å²) in [6.45, 7) is 0. The number of para-hydroxylation sites is 5. The van der Waals surface area contributed by atoms with Gasteiger partial charge >= 0.3 is 6.03 Å². The molecule has 1 aliphatic carbocycles. The van der Waals surface area contributed by atoms with Crippen molar-refractivity contribution in [1.29, 1.82) is 0 Å². The number of benzene rings is 3. The average molecular weight is 380 g/mol. The molecule has 3 aromatic rings. The predicted octanol–water partition coefficient (Wildman–Crippen LogP) is 5.96. The molecule has 4 heteroatoms. The van der Waals surface area contributed by atoms with Gasteiger partial charge in [-0.25, -0.2) is 4.90 Å². The molecule has 0 saturated heterocycles. The summed E-state index contributed by atoms with van der Waals surface area (Å²) in [6.07, 6.45) is 8.39. The smallest absolute Gasteiger partial charge is 0.413 e. The summed E-state index contributed by atoms with van der Waals surface area (Å²) in [6, 6.07) is 25.4. The Morgan fingerprint density at radius 1 is 0.690 bits per heavy atom. The Kier molecular flexibility index (Phi) is 3.47. The molecule has 0 fully saturated rings. The molecule has 4 nitrogen and oxygen atoms in total. The maximum Gasteiger partial charge on any atom is 0.444 e. The molecule has 3 aromatic carbocycles. The summed E-state index contributed by atoms with van der Waals surface area (Å²) in [5.74, 6) is 1.50. The number of nitrogens with zero attached hydrogens (tertiary/aromatic N) is 2. The summed E-state index contributed by atoms with van der Waals surface area (Å²) in [4.78, 5) is 4.36. The molecule has 0 atom stereocenters. The maximum atomic E-state index is 6.64. The second-order valence-corrected chi connectivity index (χ2v) is 7.32. The van der Waals surface area contributed by atoms with Gasteiger partial charge in [-0.15, -0.1) is 0 Å². The van der Waals surface area contributed by atoms with Crippen LogP contribution in [-0.2, 0) is 0 Å². The molecule has 0 aromatic heterocycles. The molecule has 0 amide bonds. The molecule has 1 spiro atoms. The fraction of sp³-hybridized carbons (Fsp3) is 0.120. The number of fused-ring (bicyclic) bond motifs is 2. The predicted molar refractivity (Wildman–Crippen MR) is 114 cm³/mol. The van der Waals surface area contributed by atoms with Gasteiger partial charge in [0, 0.05) is 5.70 Å². The van der Waals surface area contributed by atoms with Crippen LogP contribution >= 0.6 is 0 Å². The SMILES string of the molecule is C1=CCCC(N2c3ccccc3N(c3ccccc3)C23Oc2ccccc2O3)=C1. The lowest BCUT2D eigenvalue weighted by molar-refractivity contribution is -0.0628. The number of rotatable bonds is 2. The average Bonchev–Trinajstić information content (AvgIpc) is 3.29. The lowest BCUT2D eigenvalue weighted by atomic mass is 10.1. The van der Waals surface area contributed by atoms with E-state index in [9.17, 15) is 0 Å². The van der Waals surface area contributed by atoms with Crippen molar-refractivity contribution in [2.24, 2.45) is 0 Å². The number of ether oxygens (including phenoxy) is 2. The van der Waals surface area contributed by atoms with Gasteiger partial charge in [0.1, 0.15) is 0 Å². The van der Waals surface area contributed by atoms with Crippen LogP contribution in [0.3, 0.4) is 0 Å². The van der Waals surface area contributed by atoms with Gasteiger partial charge in [0.25, 0.3) is 0 Å². The number of hydrogen-bond acceptors (Lipinski definition) is 4. The summed E-state index contributed by atoms with van der Waals surface area (Å²) >= 11 is 0. The molecule has 0 radical (unpaired) electrons. The Morgan fingerprint density at radius 2 is 1.31 bits per heavy atom. The molecule has 29 heavy (non-hydrogen) atoms. The summed E-state index contributed by atoms with van der Waals surface area (Å²) in [5, 5.41) is 0. The van der Waals surface area contributed by atoms with Crippen LogP contribution < -0.4 is 19.3 Å². The van der Waals surface area contributed by atoms with E-state index in [2.05, 4.69) is 64.4 Å². The van der Waals surface area contributed by atoms with Crippen LogP contribution in [0.15, 0.2) is 103 Å². The Morgan fingerprint density at radius 3 is 1.97 bits per heavy atom. The van der Waals surface area contributed by atoms with E-state index in [1.807, 2.05) is 42.5 Å². The number of allylic oxidation sites excluding steroid dienone is 4. The normalized spacial score (nSPS) is 18.1. The van der Waals surface area contributed by atoms with Gasteiger partial charge in [0.2, 0.25) is 0 Å². The fourth-order valence-electron chi connectivity index (χ4n) is 4.35. The van der Waals surface area contributed by atoms with E-state index in [1.54, 1.807) is 0 Å². The van der Waals surface area contributed by atoms with E-state index in [0.717, 1.165) is 41.4 Å². The van der Waals surface area contributed by atoms with Crippen LogP contribution in [0.25, 0.3) is 0 Å². The van der Waals surface area contributed by atoms with Gasteiger partial charge in [-0.05, 0) is 55.3 Å². The fourth-order valence-corrected chi connectivity index (χ4v) is 4.35. The molecule has 6 rings (SSSR count). The van der Waals surface area contributed by atoms with Gasteiger partial charge in [-0.3, -0.25) is 4.90 Å². The minimum absolute atomic E-state index is 0.748. The second kappa shape index (κ2) is 6.17.